The summed E-state index contributed by atoms with van der Waals surface area (Å²) in [7, 11) is 0. The Morgan fingerprint density at radius 2 is 1.72 bits per heavy atom. The summed E-state index contributed by atoms with van der Waals surface area (Å²) in [5.74, 6) is -0.333. The average Bonchev–Trinajstić information content (AvgIpc) is 2.77. The minimum absolute atomic E-state index is 0.0967. The van der Waals surface area contributed by atoms with Crippen LogP contribution < -0.4 is 5.32 Å². The molecule has 4 rings (SSSR count). The smallest absolute Gasteiger partial charge is 0.255 e. The van der Waals surface area contributed by atoms with Crippen LogP contribution >= 0.6 is 0 Å². The van der Waals surface area contributed by atoms with Crippen molar-refractivity contribution in [3.8, 4) is 0 Å². The molecule has 2 aromatic carbocycles. The average molecular weight is 385 g/mol. The highest BCUT2D eigenvalue weighted by atomic mass is 16.2. The van der Waals surface area contributed by atoms with Gasteiger partial charge in [0.05, 0.1) is 11.1 Å². The molecule has 146 valence electrons. The Balaban J connectivity index is 1.45. The highest BCUT2D eigenvalue weighted by Gasteiger charge is 2.22. The summed E-state index contributed by atoms with van der Waals surface area (Å²) in [6.45, 7) is 3.70. The number of benzene rings is 2. The number of pyridine rings is 1. The molecule has 5 nitrogen and oxygen atoms in total. The zero-order chi connectivity index (χ0) is 20.2. The highest BCUT2D eigenvalue weighted by molar-refractivity contribution is 5.99. The van der Waals surface area contributed by atoms with E-state index in [1.54, 1.807) is 6.07 Å². The summed E-state index contributed by atoms with van der Waals surface area (Å²) in [5.41, 5.74) is 5.48. The molecule has 1 aliphatic heterocycles. The van der Waals surface area contributed by atoms with Crippen LogP contribution in [0.1, 0.15) is 43.0 Å². The Labute approximate surface area is 170 Å². The van der Waals surface area contributed by atoms with E-state index < -0.39 is 0 Å². The van der Waals surface area contributed by atoms with Gasteiger partial charge in [0.1, 0.15) is 0 Å². The lowest BCUT2D eigenvalue weighted by Gasteiger charge is -2.28. The van der Waals surface area contributed by atoms with Gasteiger partial charge in [-0.1, -0.05) is 48.5 Å². The topological polar surface area (TPSA) is 62.3 Å². The lowest BCUT2D eigenvalue weighted by molar-refractivity contribution is 0.0734. The Morgan fingerprint density at radius 1 is 1.00 bits per heavy atom. The summed E-state index contributed by atoms with van der Waals surface area (Å²) in [6.07, 6.45) is 3.86. The molecule has 5 heteroatoms. The van der Waals surface area contributed by atoms with Gasteiger partial charge >= 0.3 is 0 Å². The molecule has 0 saturated carbocycles. The Bertz CT molecular complexity index is 1060. The van der Waals surface area contributed by atoms with Crippen molar-refractivity contribution in [2.75, 3.05) is 6.54 Å². The van der Waals surface area contributed by atoms with E-state index in [-0.39, 0.29) is 11.8 Å². The summed E-state index contributed by atoms with van der Waals surface area (Å²) in [4.78, 5) is 31.5. The van der Waals surface area contributed by atoms with E-state index in [1.165, 1.54) is 23.5 Å². The largest absolute Gasteiger partial charge is 0.348 e. The number of rotatable bonds is 4. The van der Waals surface area contributed by atoms with E-state index >= 15 is 0 Å². The van der Waals surface area contributed by atoms with Crippen molar-refractivity contribution in [1.29, 1.82) is 0 Å². The first-order valence-electron chi connectivity index (χ1n) is 9.75. The molecule has 0 saturated heterocycles. The predicted molar refractivity (Wildman–Crippen MR) is 111 cm³/mol. The monoisotopic (exact) mass is 385 g/mol. The van der Waals surface area contributed by atoms with E-state index in [0.717, 1.165) is 17.5 Å². The van der Waals surface area contributed by atoms with Gasteiger partial charge in [-0.25, -0.2) is 0 Å². The van der Waals surface area contributed by atoms with Crippen LogP contribution in [0.3, 0.4) is 0 Å². The molecule has 29 heavy (non-hydrogen) atoms. The minimum atomic E-state index is -0.237. The Hall–Kier alpha value is -3.47. The van der Waals surface area contributed by atoms with Crippen LogP contribution in [0, 0.1) is 6.92 Å². The third-order valence-electron chi connectivity index (χ3n) is 5.37. The zero-order valence-electron chi connectivity index (χ0n) is 16.4. The van der Waals surface area contributed by atoms with Crippen LogP contribution in [0.5, 0.6) is 0 Å². The third kappa shape index (κ3) is 4.19. The Morgan fingerprint density at radius 3 is 2.55 bits per heavy atom. The van der Waals surface area contributed by atoms with E-state index in [4.69, 9.17) is 0 Å². The molecule has 2 heterocycles. The molecule has 2 amide bonds. The van der Waals surface area contributed by atoms with Gasteiger partial charge in [-0.15, -0.1) is 0 Å². The first kappa shape index (κ1) is 18.9. The van der Waals surface area contributed by atoms with Crippen molar-refractivity contribution in [2.24, 2.45) is 0 Å². The number of carbonyl (C=O) groups excluding carboxylic acids is 2. The molecule has 1 aromatic heterocycles. The number of carbonyl (C=O) groups is 2. The van der Waals surface area contributed by atoms with E-state index in [9.17, 15) is 9.59 Å². The second-order valence-corrected chi connectivity index (χ2v) is 7.32. The number of fused-ring (bicyclic) bond motifs is 1. The fourth-order valence-corrected chi connectivity index (χ4v) is 3.62. The first-order chi connectivity index (χ1) is 14.1. The molecule has 0 spiro atoms. The molecule has 1 aliphatic rings. The molecule has 0 fully saturated rings. The molecular weight excluding hydrogens is 362 g/mol. The Kier molecular flexibility index (Phi) is 5.38. The maximum absolute atomic E-state index is 13.0. The van der Waals surface area contributed by atoms with Crippen LogP contribution in [0.15, 0.2) is 67.0 Å². The van der Waals surface area contributed by atoms with Crippen LogP contribution in [0.4, 0.5) is 0 Å². The number of aryl methyl sites for hydroxylation is 1. The lowest BCUT2D eigenvalue weighted by atomic mass is 9.99. The van der Waals surface area contributed by atoms with Crippen molar-refractivity contribution < 1.29 is 9.59 Å². The summed E-state index contributed by atoms with van der Waals surface area (Å²) >= 11 is 0. The highest BCUT2D eigenvalue weighted by Crippen LogP contribution is 2.20. The van der Waals surface area contributed by atoms with Crippen molar-refractivity contribution in [3.63, 3.8) is 0 Å². The van der Waals surface area contributed by atoms with E-state index in [1.807, 2.05) is 48.2 Å². The molecular formula is C24H23N3O2. The number of hydrogen-bond donors (Lipinski definition) is 1. The zero-order valence-corrected chi connectivity index (χ0v) is 16.4. The number of nitrogens with one attached hydrogen (secondary N) is 1. The fourth-order valence-electron chi connectivity index (χ4n) is 3.62. The van der Waals surface area contributed by atoms with Crippen molar-refractivity contribution in [3.05, 3.63) is 100 Å². The quantitative estimate of drug-likeness (QED) is 0.747. The van der Waals surface area contributed by atoms with Gasteiger partial charge in [-0.3, -0.25) is 14.6 Å². The maximum Gasteiger partial charge on any atom is 0.255 e. The lowest BCUT2D eigenvalue weighted by Crippen LogP contribution is -2.36. The van der Waals surface area contributed by atoms with Crippen LogP contribution in [-0.2, 0) is 19.5 Å². The minimum Gasteiger partial charge on any atom is -0.348 e. The van der Waals surface area contributed by atoms with Crippen molar-refractivity contribution in [2.45, 2.75) is 26.4 Å². The molecule has 1 N–H and O–H groups in total. The van der Waals surface area contributed by atoms with Gasteiger partial charge in [0, 0.05) is 32.0 Å². The van der Waals surface area contributed by atoms with Gasteiger partial charge in [0.15, 0.2) is 0 Å². The summed E-state index contributed by atoms with van der Waals surface area (Å²) < 4.78 is 0. The van der Waals surface area contributed by atoms with Crippen molar-refractivity contribution in [1.82, 2.24) is 15.2 Å². The number of aromatic nitrogens is 1. The number of nitrogens with zero attached hydrogens (tertiary/aromatic N) is 2. The van der Waals surface area contributed by atoms with Gasteiger partial charge < -0.3 is 10.2 Å². The van der Waals surface area contributed by atoms with Crippen molar-refractivity contribution >= 4 is 11.8 Å². The van der Waals surface area contributed by atoms with Crippen LogP contribution in [-0.4, -0.2) is 28.2 Å². The van der Waals surface area contributed by atoms with E-state index in [0.29, 0.717) is 30.8 Å². The van der Waals surface area contributed by atoms with Crippen LogP contribution in [0.25, 0.3) is 0 Å². The predicted octanol–water partition coefficient (Wildman–Crippen LogP) is 3.52. The van der Waals surface area contributed by atoms with Gasteiger partial charge in [-0.2, -0.15) is 0 Å². The summed E-state index contributed by atoms with van der Waals surface area (Å²) in [6, 6.07) is 17.7. The molecule has 3 aromatic rings. The van der Waals surface area contributed by atoms with Gasteiger partial charge in [0.2, 0.25) is 0 Å². The maximum atomic E-state index is 13.0. The second-order valence-electron chi connectivity index (χ2n) is 7.32. The molecule has 0 atom stereocenters. The standard InChI is InChI=1S/C24H23N3O2/c1-17-6-2-3-8-19(17)15-26-23(28)21-12-22(14-25-13-21)24(29)27-11-10-18-7-4-5-9-20(18)16-27/h2-9,12-14H,10-11,15-16H2,1H3,(H,26,28). The molecule has 0 unspecified atom stereocenters. The SMILES string of the molecule is Cc1ccccc1CNC(=O)c1cncc(C(=O)N2CCc3ccccc3C2)c1. The van der Waals surface area contributed by atoms with E-state index in [2.05, 4.69) is 22.4 Å². The fraction of sp³-hybridized carbons (Fsp3) is 0.208. The first-order valence-corrected chi connectivity index (χ1v) is 9.75. The second kappa shape index (κ2) is 8.27. The molecule has 0 bridgehead atoms. The molecule has 0 aliphatic carbocycles. The third-order valence-corrected chi connectivity index (χ3v) is 5.37. The van der Waals surface area contributed by atoms with Gasteiger partial charge in [-0.05, 0) is 41.7 Å². The number of hydrogen-bond acceptors (Lipinski definition) is 3. The van der Waals surface area contributed by atoms with Crippen LogP contribution in [0.2, 0.25) is 0 Å². The molecule has 0 radical (unpaired) electrons. The van der Waals surface area contributed by atoms with Gasteiger partial charge in [0.25, 0.3) is 11.8 Å². The number of amides is 2. The summed E-state index contributed by atoms with van der Waals surface area (Å²) in [5, 5.41) is 2.91. The normalized spacial score (nSPS) is 12.9.